The molecule has 7 heteroatoms. The van der Waals surface area contributed by atoms with Gasteiger partial charge in [-0.3, -0.25) is 0 Å². The molecular weight excluding hydrogens is 312 g/mol. The third-order valence-corrected chi connectivity index (χ3v) is 3.91. The van der Waals surface area contributed by atoms with Crippen LogP contribution in [0.5, 0.6) is 0 Å². The lowest BCUT2D eigenvalue weighted by atomic mass is 10.1. The smallest absolute Gasteiger partial charge is 0.365 e. The zero-order valence-corrected chi connectivity index (χ0v) is 13.4. The van der Waals surface area contributed by atoms with Gasteiger partial charge >= 0.3 is 5.97 Å². The molecule has 3 aromatic rings. The van der Waals surface area contributed by atoms with Crippen LogP contribution in [0.15, 0.2) is 35.8 Å². The van der Waals surface area contributed by atoms with E-state index < -0.39 is 5.97 Å². The van der Waals surface area contributed by atoms with E-state index in [4.69, 9.17) is 5.11 Å². The normalized spacial score (nSPS) is 10.5. The van der Waals surface area contributed by atoms with Gasteiger partial charge in [-0.15, -0.1) is 11.3 Å². The van der Waals surface area contributed by atoms with Crippen LogP contribution < -0.4 is 5.32 Å². The Morgan fingerprint density at radius 1 is 1.13 bits per heavy atom. The van der Waals surface area contributed by atoms with Gasteiger partial charge in [-0.25, -0.2) is 19.7 Å². The number of aromatic carboxylic acids is 1. The third-order valence-electron chi connectivity index (χ3n) is 3.08. The fourth-order valence-electron chi connectivity index (χ4n) is 2.23. The van der Waals surface area contributed by atoms with Gasteiger partial charge in [-0.05, 0) is 43.2 Å². The van der Waals surface area contributed by atoms with Crippen molar-refractivity contribution in [2.24, 2.45) is 0 Å². The molecule has 0 fully saturated rings. The van der Waals surface area contributed by atoms with Crippen molar-refractivity contribution in [1.29, 1.82) is 0 Å². The van der Waals surface area contributed by atoms with Gasteiger partial charge in [0.2, 0.25) is 11.0 Å². The Hall–Kier alpha value is -2.80. The number of rotatable bonds is 4. The molecule has 0 bridgehead atoms. The van der Waals surface area contributed by atoms with Crippen molar-refractivity contribution < 1.29 is 9.90 Å². The summed E-state index contributed by atoms with van der Waals surface area (Å²) in [5, 5.41) is 13.8. The minimum absolute atomic E-state index is 0.0439. The zero-order valence-electron chi connectivity index (χ0n) is 12.6. The Bertz CT molecular complexity index is 856. The first-order chi connectivity index (χ1) is 11.0. The molecule has 6 nitrogen and oxygen atoms in total. The second-order valence-electron chi connectivity index (χ2n) is 5.11. The molecule has 3 rings (SSSR count). The summed E-state index contributed by atoms with van der Waals surface area (Å²) in [6, 6.07) is 7.81. The Labute approximate surface area is 136 Å². The Balaban J connectivity index is 1.88. The minimum atomic E-state index is -1.04. The fraction of sp³-hybridized carbons (Fsp3) is 0.125. The summed E-state index contributed by atoms with van der Waals surface area (Å²) in [6.07, 6.45) is 1.62. The molecule has 2 N–H and O–H groups in total. The number of carboxylic acids is 1. The van der Waals surface area contributed by atoms with Crippen LogP contribution >= 0.6 is 11.3 Å². The molecule has 2 heterocycles. The molecule has 0 aliphatic carbocycles. The van der Waals surface area contributed by atoms with Gasteiger partial charge in [0.1, 0.15) is 5.69 Å². The van der Waals surface area contributed by atoms with Gasteiger partial charge in [-0.1, -0.05) is 6.07 Å². The Morgan fingerprint density at radius 2 is 1.87 bits per heavy atom. The topological polar surface area (TPSA) is 88.0 Å². The highest BCUT2D eigenvalue weighted by Gasteiger charge is 2.12. The number of anilines is 2. The Kier molecular flexibility index (Phi) is 4.03. The Morgan fingerprint density at radius 3 is 2.52 bits per heavy atom. The van der Waals surface area contributed by atoms with Crippen LogP contribution in [0, 0.1) is 13.8 Å². The van der Waals surface area contributed by atoms with Crippen LogP contribution in [0.25, 0.3) is 11.4 Å². The number of nitrogens with zero attached hydrogens (tertiary/aromatic N) is 3. The number of carboxylic acid groups (broad SMARTS) is 1. The van der Waals surface area contributed by atoms with Crippen molar-refractivity contribution in [1.82, 2.24) is 15.0 Å². The minimum Gasteiger partial charge on any atom is -0.476 e. The first kappa shape index (κ1) is 15.1. The van der Waals surface area contributed by atoms with E-state index >= 15 is 0 Å². The van der Waals surface area contributed by atoms with Crippen LogP contribution in [0.2, 0.25) is 0 Å². The number of aryl methyl sites for hydroxylation is 2. The molecular formula is C16H14N4O2S. The van der Waals surface area contributed by atoms with Gasteiger partial charge < -0.3 is 10.4 Å². The van der Waals surface area contributed by atoms with Crippen LogP contribution in [0.3, 0.4) is 0 Å². The fourth-order valence-corrected chi connectivity index (χ4v) is 2.88. The number of thiazole rings is 1. The number of carbonyl (C=O) groups is 1. The van der Waals surface area contributed by atoms with Crippen LogP contribution in [-0.2, 0) is 0 Å². The highest BCUT2D eigenvalue weighted by molar-refractivity contribution is 7.11. The maximum Gasteiger partial charge on any atom is 0.365 e. The maximum atomic E-state index is 10.9. The van der Waals surface area contributed by atoms with Gasteiger partial charge in [0.25, 0.3) is 0 Å². The van der Waals surface area contributed by atoms with Gasteiger partial charge in [-0.2, -0.15) is 0 Å². The molecule has 0 amide bonds. The lowest BCUT2D eigenvalue weighted by Gasteiger charge is -2.07. The van der Waals surface area contributed by atoms with Crippen LogP contribution in [-0.4, -0.2) is 26.0 Å². The predicted octanol–water partition coefficient (Wildman–Crippen LogP) is 3.66. The number of hydrogen-bond acceptors (Lipinski definition) is 6. The van der Waals surface area contributed by atoms with Crippen LogP contribution in [0.4, 0.5) is 11.6 Å². The van der Waals surface area contributed by atoms with E-state index in [1.165, 1.54) is 0 Å². The summed E-state index contributed by atoms with van der Waals surface area (Å²) in [5.41, 5.74) is 4.31. The van der Waals surface area contributed by atoms with E-state index in [0.29, 0.717) is 17.3 Å². The highest BCUT2D eigenvalue weighted by atomic mass is 32.1. The van der Waals surface area contributed by atoms with Gasteiger partial charge in [0.05, 0.1) is 5.69 Å². The summed E-state index contributed by atoms with van der Waals surface area (Å²) in [6.45, 7) is 4.05. The third kappa shape index (κ3) is 3.51. The summed E-state index contributed by atoms with van der Waals surface area (Å²) < 4.78 is 0. The summed E-state index contributed by atoms with van der Waals surface area (Å²) in [5.74, 6) is -0.596. The first-order valence-electron chi connectivity index (χ1n) is 6.89. The lowest BCUT2D eigenvalue weighted by molar-refractivity contribution is 0.0696. The van der Waals surface area contributed by atoms with Crippen molar-refractivity contribution >= 4 is 28.9 Å². The average Bonchev–Trinajstić information content (AvgIpc) is 2.96. The van der Waals surface area contributed by atoms with E-state index in [0.717, 1.165) is 28.2 Å². The van der Waals surface area contributed by atoms with Crippen LogP contribution in [0.1, 0.15) is 20.9 Å². The van der Waals surface area contributed by atoms with E-state index in [1.807, 2.05) is 26.0 Å². The molecule has 2 aromatic heterocycles. The molecule has 116 valence electrons. The number of nitrogens with one attached hydrogen (secondary N) is 1. The summed E-state index contributed by atoms with van der Waals surface area (Å²) in [7, 11) is 0. The van der Waals surface area contributed by atoms with E-state index in [1.54, 1.807) is 17.6 Å². The predicted molar refractivity (Wildman–Crippen MR) is 89.3 cm³/mol. The molecule has 23 heavy (non-hydrogen) atoms. The molecule has 0 saturated carbocycles. The van der Waals surface area contributed by atoms with E-state index in [-0.39, 0.29) is 5.01 Å². The quantitative estimate of drug-likeness (QED) is 0.760. The van der Waals surface area contributed by atoms with Crippen molar-refractivity contribution in [3.63, 3.8) is 0 Å². The van der Waals surface area contributed by atoms with Crippen molar-refractivity contribution in [3.05, 3.63) is 52.0 Å². The molecule has 0 saturated heterocycles. The van der Waals surface area contributed by atoms with Gasteiger partial charge in [0.15, 0.2) is 0 Å². The van der Waals surface area contributed by atoms with Crippen molar-refractivity contribution in [3.8, 4) is 11.4 Å². The van der Waals surface area contributed by atoms with E-state index in [2.05, 4.69) is 26.3 Å². The molecule has 0 radical (unpaired) electrons. The SMILES string of the molecule is Cc1cc(C)cc(Nc2nccc(-c3csc(C(=O)O)n3)n2)c1. The monoisotopic (exact) mass is 326 g/mol. The lowest BCUT2D eigenvalue weighted by Crippen LogP contribution is -1.99. The maximum absolute atomic E-state index is 10.9. The number of aromatic nitrogens is 3. The summed E-state index contributed by atoms with van der Waals surface area (Å²) in [4.78, 5) is 23.6. The first-order valence-corrected chi connectivity index (χ1v) is 7.77. The van der Waals surface area contributed by atoms with Gasteiger partial charge in [0, 0.05) is 17.3 Å². The number of hydrogen-bond donors (Lipinski definition) is 2. The number of benzene rings is 1. The highest BCUT2D eigenvalue weighted by Crippen LogP contribution is 2.22. The molecule has 0 atom stereocenters. The van der Waals surface area contributed by atoms with Crippen molar-refractivity contribution in [2.75, 3.05) is 5.32 Å². The molecule has 0 unspecified atom stereocenters. The molecule has 0 aliphatic heterocycles. The standard InChI is InChI=1S/C16H14N4O2S/c1-9-5-10(2)7-11(6-9)18-16-17-4-3-12(20-16)13-8-23-14(19-13)15(21)22/h3-8H,1-2H3,(H,21,22)(H,17,18,20). The zero-order chi connectivity index (χ0) is 16.4. The largest absolute Gasteiger partial charge is 0.476 e. The molecule has 0 spiro atoms. The average molecular weight is 326 g/mol. The van der Waals surface area contributed by atoms with Crippen molar-refractivity contribution in [2.45, 2.75) is 13.8 Å². The molecule has 1 aromatic carbocycles. The second kappa shape index (κ2) is 6.13. The summed E-state index contributed by atoms with van der Waals surface area (Å²) >= 11 is 1.07. The van der Waals surface area contributed by atoms with E-state index in [9.17, 15) is 4.79 Å². The molecule has 0 aliphatic rings. The second-order valence-corrected chi connectivity index (χ2v) is 5.97.